The number of ether oxygens (including phenoxy) is 1. The molecule has 0 unspecified atom stereocenters. The number of urea groups is 1. The molecule has 4 rings (SSSR count). The summed E-state index contributed by atoms with van der Waals surface area (Å²) in [6, 6.07) is 9.54. The number of rotatable bonds is 5. The van der Waals surface area contributed by atoms with Crippen molar-refractivity contribution in [2.45, 2.75) is 50.7 Å². The molecule has 2 N–H and O–H groups in total. The van der Waals surface area contributed by atoms with Gasteiger partial charge in [-0.15, -0.1) is 0 Å². The van der Waals surface area contributed by atoms with Crippen molar-refractivity contribution in [3.63, 3.8) is 0 Å². The summed E-state index contributed by atoms with van der Waals surface area (Å²) in [7, 11) is 0. The van der Waals surface area contributed by atoms with Crippen LogP contribution < -0.4 is 10.6 Å². The SMILES string of the molecule is Cc1noc(C2CC2)c1NC(=O)N[C@@H](c1ccccc1)[C@@H]1CCCO1. The number of aromatic nitrogens is 1. The molecule has 0 spiro atoms. The van der Waals surface area contributed by atoms with Crippen LogP contribution in [0.15, 0.2) is 34.9 Å². The molecule has 1 aliphatic heterocycles. The Labute approximate surface area is 146 Å². The fourth-order valence-electron chi connectivity index (χ4n) is 3.37. The van der Waals surface area contributed by atoms with Crippen LogP contribution in [0.2, 0.25) is 0 Å². The first-order valence-corrected chi connectivity index (χ1v) is 8.92. The minimum atomic E-state index is -0.252. The van der Waals surface area contributed by atoms with E-state index < -0.39 is 0 Å². The van der Waals surface area contributed by atoms with Gasteiger partial charge in [-0.1, -0.05) is 35.5 Å². The molecule has 2 aliphatic rings. The van der Waals surface area contributed by atoms with E-state index in [4.69, 9.17) is 9.26 Å². The number of hydrogen-bond acceptors (Lipinski definition) is 4. The molecule has 6 heteroatoms. The van der Waals surface area contributed by atoms with Gasteiger partial charge in [-0.3, -0.25) is 0 Å². The highest BCUT2D eigenvalue weighted by atomic mass is 16.5. The second kappa shape index (κ2) is 6.88. The van der Waals surface area contributed by atoms with Gasteiger partial charge in [0.15, 0.2) is 5.76 Å². The lowest BCUT2D eigenvalue weighted by atomic mass is 9.99. The predicted molar refractivity (Wildman–Crippen MR) is 93.5 cm³/mol. The van der Waals surface area contributed by atoms with Gasteiger partial charge in [0.05, 0.1) is 12.1 Å². The van der Waals surface area contributed by atoms with E-state index in [2.05, 4.69) is 15.8 Å². The van der Waals surface area contributed by atoms with Crippen molar-refractivity contribution in [2.75, 3.05) is 11.9 Å². The third-order valence-electron chi connectivity index (χ3n) is 4.86. The van der Waals surface area contributed by atoms with Gasteiger partial charge in [-0.05, 0) is 38.2 Å². The molecule has 2 atom stereocenters. The molecular weight excluding hydrogens is 318 g/mol. The highest BCUT2D eigenvalue weighted by Gasteiger charge is 2.33. The molecule has 2 fully saturated rings. The normalized spacial score (nSPS) is 21.1. The molecule has 1 aliphatic carbocycles. The molecule has 1 aromatic heterocycles. The smallest absolute Gasteiger partial charge is 0.319 e. The Morgan fingerprint density at radius 1 is 1.24 bits per heavy atom. The van der Waals surface area contributed by atoms with Crippen molar-refractivity contribution >= 4 is 11.7 Å². The first-order chi connectivity index (χ1) is 12.2. The third-order valence-corrected chi connectivity index (χ3v) is 4.86. The number of carbonyl (C=O) groups is 1. The van der Waals surface area contributed by atoms with E-state index in [-0.39, 0.29) is 18.2 Å². The first-order valence-electron chi connectivity index (χ1n) is 8.92. The van der Waals surface area contributed by atoms with E-state index in [9.17, 15) is 4.79 Å². The maximum absolute atomic E-state index is 12.7. The molecule has 2 amide bonds. The average molecular weight is 341 g/mol. The van der Waals surface area contributed by atoms with E-state index in [0.29, 0.717) is 17.3 Å². The summed E-state index contributed by atoms with van der Waals surface area (Å²) in [6.45, 7) is 2.59. The van der Waals surface area contributed by atoms with Crippen molar-refractivity contribution in [1.82, 2.24) is 10.5 Å². The quantitative estimate of drug-likeness (QED) is 0.865. The van der Waals surface area contributed by atoms with Gasteiger partial charge in [0, 0.05) is 12.5 Å². The van der Waals surface area contributed by atoms with Crippen molar-refractivity contribution in [2.24, 2.45) is 0 Å². The number of nitrogens with zero attached hydrogens (tertiary/aromatic N) is 1. The van der Waals surface area contributed by atoms with Gasteiger partial charge in [0.2, 0.25) is 0 Å². The van der Waals surface area contributed by atoms with E-state index in [0.717, 1.165) is 43.6 Å². The van der Waals surface area contributed by atoms with Crippen LogP contribution in [0.5, 0.6) is 0 Å². The topological polar surface area (TPSA) is 76.4 Å². The molecule has 0 bridgehead atoms. The van der Waals surface area contributed by atoms with Crippen molar-refractivity contribution in [3.05, 3.63) is 47.3 Å². The summed E-state index contributed by atoms with van der Waals surface area (Å²) >= 11 is 0. The Morgan fingerprint density at radius 3 is 2.72 bits per heavy atom. The Bertz CT molecular complexity index is 734. The van der Waals surface area contributed by atoms with Crippen molar-refractivity contribution < 1.29 is 14.1 Å². The standard InChI is InChI=1S/C19H23N3O3/c1-12-16(18(25-22-12)14-9-10-14)20-19(23)21-17(15-8-5-11-24-15)13-6-3-2-4-7-13/h2-4,6-7,14-15,17H,5,8-11H2,1H3,(H2,20,21,23)/t15-,17-/m0/s1. The summed E-state index contributed by atoms with van der Waals surface area (Å²) < 4.78 is 11.2. The van der Waals surface area contributed by atoms with E-state index >= 15 is 0 Å². The third kappa shape index (κ3) is 3.54. The summed E-state index contributed by atoms with van der Waals surface area (Å²) in [4.78, 5) is 12.7. The number of carbonyl (C=O) groups excluding carboxylic acids is 1. The number of hydrogen-bond donors (Lipinski definition) is 2. The van der Waals surface area contributed by atoms with Gasteiger partial charge in [0.1, 0.15) is 11.4 Å². The van der Waals surface area contributed by atoms with Crippen molar-refractivity contribution in [3.8, 4) is 0 Å². The van der Waals surface area contributed by atoms with E-state index in [1.54, 1.807) is 0 Å². The summed E-state index contributed by atoms with van der Waals surface area (Å²) in [5.41, 5.74) is 2.47. The molecule has 1 saturated carbocycles. The lowest BCUT2D eigenvalue weighted by Crippen LogP contribution is -2.38. The Hall–Kier alpha value is -2.34. The predicted octanol–water partition coefficient (Wildman–Crippen LogP) is 3.90. The second-order valence-electron chi connectivity index (χ2n) is 6.82. The average Bonchev–Trinajstić information content (AvgIpc) is 3.20. The van der Waals surface area contributed by atoms with Crippen LogP contribution in [-0.2, 0) is 4.74 Å². The number of amides is 2. The first kappa shape index (κ1) is 16.1. The van der Waals surface area contributed by atoms with E-state index in [1.165, 1.54) is 0 Å². The van der Waals surface area contributed by atoms with Crippen LogP contribution in [0.4, 0.5) is 10.5 Å². The Kier molecular flexibility index (Phi) is 4.44. The zero-order chi connectivity index (χ0) is 17.2. The molecule has 2 aromatic rings. The molecule has 2 heterocycles. The second-order valence-corrected chi connectivity index (χ2v) is 6.82. The van der Waals surface area contributed by atoms with Crippen LogP contribution in [0.1, 0.15) is 54.7 Å². The van der Waals surface area contributed by atoms with Gasteiger partial charge in [-0.25, -0.2) is 4.79 Å². The zero-order valence-corrected chi connectivity index (χ0v) is 14.3. The zero-order valence-electron chi connectivity index (χ0n) is 14.3. The Balaban J connectivity index is 1.50. The summed E-state index contributed by atoms with van der Waals surface area (Å²) in [5.74, 6) is 1.18. The number of nitrogens with one attached hydrogen (secondary N) is 2. The minimum absolute atomic E-state index is 0.000348. The molecule has 1 saturated heterocycles. The number of anilines is 1. The molecule has 1 aromatic carbocycles. The molecular formula is C19H23N3O3. The summed E-state index contributed by atoms with van der Waals surface area (Å²) in [5, 5.41) is 10.0. The fraction of sp³-hybridized carbons (Fsp3) is 0.474. The molecule has 132 valence electrons. The van der Waals surface area contributed by atoms with Gasteiger partial charge in [-0.2, -0.15) is 0 Å². The lowest BCUT2D eigenvalue weighted by molar-refractivity contribution is 0.0815. The van der Waals surface area contributed by atoms with Gasteiger partial charge < -0.3 is 19.9 Å². The molecule has 0 radical (unpaired) electrons. The Morgan fingerprint density at radius 2 is 2.04 bits per heavy atom. The van der Waals surface area contributed by atoms with Crippen LogP contribution in [0.25, 0.3) is 0 Å². The van der Waals surface area contributed by atoms with Crippen molar-refractivity contribution in [1.29, 1.82) is 0 Å². The lowest BCUT2D eigenvalue weighted by Gasteiger charge is -2.25. The largest absolute Gasteiger partial charge is 0.376 e. The molecule has 6 nitrogen and oxygen atoms in total. The van der Waals surface area contributed by atoms with Gasteiger partial charge >= 0.3 is 6.03 Å². The minimum Gasteiger partial charge on any atom is -0.376 e. The van der Waals surface area contributed by atoms with Crippen LogP contribution in [-0.4, -0.2) is 23.9 Å². The number of aryl methyl sites for hydroxylation is 1. The highest BCUT2D eigenvalue weighted by Crippen LogP contribution is 2.44. The maximum Gasteiger partial charge on any atom is 0.319 e. The monoisotopic (exact) mass is 341 g/mol. The maximum atomic E-state index is 12.7. The summed E-state index contributed by atoms with van der Waals surface area (Å²) in [6.07, 6.45) is 4.15. The van der Waals surface area contributed by atoms with Crippen LogP contribution in [0.3, 0.4) is 0 Å². The van der Waals surface area contributed by atoms with Gasteiger partial charge in [0.25, 0.3) is 0 Å². The highest BCUT2D eigenvalue weighted by molar-refractivity contribution is 5.90. The fourth-order valence-corrected chi connectivity index (χ4v) is 3.37. The van der Waals surface area contributed by atoms with Crippen LogP contribution in [0, 0.1) is 6.92 Å². The number of benzene rings is 1. The van der Waals surface area contributed by atoms with Crippen LogP contribution >= 0.6 is 0 Å². The molecule has 25 heavy (non-hydrogen) atoms. The van der Waals surface area contributed by atoms with E-state index in [1.807, 2.05) is 37.3 Å².